The highest BCUT2D eigenvalue weighted by Crippen LogP contribution is 2.48. The number of benzene rings is 1. The summed E-state index contributed by atoms with van der Waals surface area (Å²) in [4.78, 5) is 9.26. The number of furan rings is 2. The third kappa shape index (κ3) is 3.39. The van der Waals surface area contributed by atoms with Crippen LogP contribution in [0.25, 0.3) is 0 Å². The summed E-state index contributed by atoms with van der Waals surface area (Å²) in [5, 5.41) is 0.712. The van der Waals surface area contributed by atoms with Crippen molar-refractivity contribution in [2.45, 2.75) is 11.3 Å². The Bertz CT molecular complexity index is 885. The van der Waals surface area contributed by atoms with E-state index in [2.05, 4.69) is 4.99 Å². The van der Waals surface area contributed by atoms with Gasteiger partial charge in [-0.05, 0) is 42.0 Å². The molecule has 1 aromatic carbocycles. The zero-order valence-corrected chi connectivity index (χ0v) is 14.3. The molecule has 4 rings (SSSR count). The second-order valence-electron chi connectivity index (χ2n) is 5.46. The SMILES string of the molecule is COc1cccc(C=NC2=N[C@@H](c3ccco3)[C@H](c3ccco3)S2)c1. The van der Waals surface area contributed by atoms with Crippen molar-refractivity contribution in [1.82, 2.24) is 0 Å². The molecule has 25 heavy (non-hydrogen) atoms. The number of hydrogen-bond donors (Lipinski definition) is 0. The Kier molecular flexibility index (Phi) is 4.43. The summed E-state index contributed by atoms with van der Waals surface area (Å²) in [6.07, 6.45) is 5.12. The summed E-state index contributed by atoms with van der Waals surface area (Å²) < 4.78 is 16.4. The number of hydrogen-bond acceptors (Lipinski definition) is 6. The third-order valence-electron chi connectivity index (χ3n) is 3.84. The first-order chi connectivity index (χ1) is 12.3. The molecular weight excluding hydrogens is 336 g/mol. The molecule has 0 spiro atoms. The fraction of sp³-hybridized carbons (Fsp3) is 0.158. The minimum Gasteiger partial charge on any atom is -0.497 e. The Labute approximate surface area is 149 Å². The van der Waals surface area contributed by atoms with E-state index in [0.717, 1.165) is 22.8 Å². The number of methoxy groups -OCH3 is 1. The number of rotatable bonds is 4. The maximum absolute atomic E-state index is 5.58. The molecule has 3 aromatic rings. The van der Waals surface area contributed by atoms with E-state index in [-0.39, 0.29) is 11.3 Å². The second kappa shape index (κ2) is 7.03. The summed E-state index contributed by atoms with van der Waals surface area (Å²) in [5.41, 5.74) is 0.957. The van der Waals surface area contributed by atoms with Gasteiger partial charge in [0.15, 0.2) is 5.17 Å². The van der Waals surface area contributed by atoms with Crippen LogP contribution in [0.4, 0.5) is 0 Å². The first-order valence-corrected chi connectivity index (χ1v) is 8.71. The largest absolute Gasteiger partial charge is 0.497 e. The average molecular weight is 352 g/mol. The highest BCUT2D eigenvalue weighted by atomic mass is 32.2. The van der Waals surface area contributed by atoms with E-state index >= 15 is 0 Å². The van der Waals surface area contributed by atoms with Gasteiger partial charge in [-0.2, -0.15) is 0 Å². The average Bonchev–Trinajstić information content (AvgIpc) is 3.40. The lowest BCUT2D eigenvalue weighted by atomic mass is 10.1. The number of amidine groups is 1. The van der Waals surface area contributed by atoms with Gasteiger partial charge in [0.1, 0.15) is 28.6 Å². The molecule has 0 amide bonds. The van der Waals surface area contributed by atoms with Crippen LogP contribution in [0, 0.1) is 0 Å². The van der Waals surface area contributed by atoms with Gasteiger partial charge in [-0.15, -0.1) is 0 Å². The summed E-state index contributed by atoms with van der Waals surface area (Å²) in [5.74, 6) is 2.47. The highest BCUT2D eigenvalue weighted by molar-refractivity contribution is 8.14. The monoisotopic (exact) mass is 352 g/mol. The van der Waals surface area contributed by atoms with Crippen LogP contribution < -0.4 is 4.74 Å². The zero-order valence-electron chi connectivity index (χ0n) is 13.5. The molecule has 0 bridgehead atoms. The Morgan fingerprint density at radius 2 is 1.88 bits per heavy atom. The molecule has 0 saturated carbocycles. The van der Waals surface area contributed by atoms with E-state index < -0.39 is 0 Å². The normalized spacial score (nSPS) is 20.1. The first kappa shape index (κ1) is 15.8. The fourth-order valence-corrected chi connectivity index (χ4v) is 3.74. The molecule has 1 aliphatic heterocycles. The molecular formula is C19H16N2O3S. The van der Waals surface area contributed by atoms with Crippen molar-refractivity contribution in [3.8, 4) is 5.75 Å². The topological polar surface area (TPSA) is 60.2 Å². The van der Waals surface area contributed by atoms with E-state index in [4.69, 9.17) is 18.6 Å². The summed E-state index contributed by atoms with van der Waals surface area (Å²) in [6, 6.07) is 15.2. The van der Waals surface area contributed by atoms with Crippen molar-refractivity contribution in [3.05, 3.63) is 78.1 Å². The molecule has 0 saturated heterocycles. The van der Waals surface area contributed by atoms with Gasteiger partial charge in [-0.1, -0.05) is 23.9 Å². The molecule has 5 nitrogen and oxygen atoms in total. The van der Waals surface area contributed by atoms with Gasteiger partial charge < -0.3 is 13.6 Å². The van der Waals surface area contributed by atoms with Gasteiger partial charge in [0, 0.05) is 6.21 Å². The van der Waals surface area contributed by atoms with Crippen LogP contribution in [0.2, 0.25) is 0 Å². The van der Waals surface area contributed by atoms with Crippen molar-refractivity contribution in [2.24, 2.45) is 9.98 Å². The highest BCUT2D eigenvalue weighted by Gasteiger charge is 2.36. The molecule has 2 atom stereocenters. The quantitative estimate of drug-likeness (QED) is 0.628. The maximum Gasteiger partial charge on any atom is 0.184 e. The smallest absolute Gasteiger partial charge is 0.184 e. The van der Waals surface area contributed by atoms with Gasteiger partial charge in [-0.3, -0.25) is 0 Å². The lowest BCUT2D eigenvalue weighted by molar-refractivity contribution is 0.415. The lowest BCUT2D eigenvalue weighted by Crippen LogP contribution is -1.99. The molecule has 1 aliphatic rings. The molecule has 3 heterocycles. The molecule has 126 valence electrons. The van der Waals surface area contributed by atoms with E-state index in [1.54, 1.807) is 37.6 Å². The fourth-order valence-electron chi connectivity index (χ4n) is 2.65. The van der Waals surface area contributed by atoms with Crippen molar-refractivity contribution < 1.29 is 13.6 Å². The minimum atomic E-state index is -0.149. The van der Waals surface area contributed by atoms with Gasteiger partial charge in [0.05, 0.1) is 19.6 Å². The molecule has 6 heteroatoms. The predicted octanol–water partition coefficient (Wildman–Crippen LogP) is 4.89. The summed E-state index contributed by atoms with van der Waals surface area (Å²) in [6.45, 7) is 0. The second-order valence-corrected chi connectivity index (χ2v) is 6.57. The van der Waals surface area contributed by atoms with Crippen LogP contribution in [0.3, 0.4) is 0 Å². The van der Waals surface area contributed by atoms with Gasteiger partial charge in [-0.25, -0.2) is 9.98 Å². The summed E-state index contributed by atoms with van der Waals surface area (Å²) in [7, 11) is 1.65. The molecule has 0 aliphatic carbocycles. The Morgan fingerprint density at radius 3 is 2.60 bits per heavy atom. The minimum absolute atomic E-state index is 0.0126. The molecule has 0 radical (unpaired) electrons. The maximum atomic E-state index is 5.58. The van der Waals surface area contributed by atoms with Crippen molar-refractivity contribution >= 4 is 23.1 Å². The van der Waals surface area contributed by atoms with Crippen LogP contribution in [0.5, 0.6) is 5.75 Å². The molecule has 0 fully saturated rings. The van der Waals surface area contributed by atoms with Crippen LogP contribution in [0.1, 0.15) is 28.4 Å². The van der Waals surface area contributed by atoms with E-state index in [0.29, 0.717) is 5.17 Å². The lowest BCUT2D eigenvalue weighted by Gasteiger charge is -2.11. The standard InChI is InChI=1S/C19H16N2O3S/c1-22-14-6-2-5-13(11-14)12-20-19-21-17(15-7-3-9-23-15)18(25-19)16-8-4-10-24-16/h2-12,17-18H,1H3/t17-,18-/m0/s1. The number of nitrogens with zero attached hydrogens (tertiary/aromatic N) is 2. The Balaban J connectivity index is 1.59. The predicted molar refractivity (Wildman–Crippen MR) is 98.5 cm³/mol. The Hall–Kier alpha value is -2.73. The van der Waals surface area contributed by atoms with Crippen molar-refractivity contribution in [2.75, 3.05) is 7.11 Å². The molecule has 0 unspecified atom stereocenters. The van der Waals surface area contributed by atoms with Crippen LogP contribution in [-0.2, 0) is 0 Å². The van der Waals surface area contributed by atoms with Crippen molar-refractivity contribution in [3.63, 3.8) is 0 Å². The van der Waals surface area contributed by atoms with E-state index in [1.165, 1.54) is 0 Å². The third-order valence-corrected chi connectivity index (χ3v) is 5.01. The Morgan fingerprint density at radius 1 is 1.08 bits per heavy atom. The van der Waals surface area contributed by atoms with E-state index in [9.17, 15) is 0 Å². The van der Waals surface area contributed by atoms with Crippen molar-refractivity contribution in [1.29, 1.82) is 0 Å². The number of ether oxygens (including phenoxy) is 1. The van der Waals surface area contributed by atoms with Gasteiger partial charge >= 0.3 is 0 Å². The first-order valence-electron chi connectivity index (χ1n) is 7.83. The van der Waals surface area contributed by atoms with Gasteiger partial charge in [0.2, 0.25) is 0 Å². The summed E-state index contributed by atoms with van der Waals surface area (Å²) >= 11 is 1.57. The van der Waals surface area contributed by atoms with E-state index in [1.807, 2.05) is 48.5 Å². The van der Waals surface area contributed by atoms with Crippen LogP contribution in [0.15, 0.2) is 79.9 Å². The zero-order chi connectivity index (χ0) is 17.1. The number of aliphatic imine (C=N–C) groups is 2. The number of thioether (sulfide) groups is 1. The van der Waals surface area contributed by atoms with Gasteiger partial charge in [0.25, 0.3) is 0 Å². The van der Waals surface area contributed by atoms with Crippen LogP contribution >= 0.6 is 11.8 Å². The molecule has 0 N–H and O–H groups in total. The van der Waals surface area contributed by atoms with Crippen LogP contribution in [-0.4, -0.2) is 18.5 Å². The molecule has 2 aromatic heterocycles.